The van der Waals surface area contributed by atoms with E-state index in [4.69, 9.17) is 0 Å². The second kappa shape index (κ2) is 7.24. The highest BCUT2D eigenvalue weighted by Gasteiger charge is 2.33. The Bertz CT molecular complexity index is 851. The van der Waals surface area contributed by atoms with Crippen LogP contribution in [0.15, 0.2) is 59.5 Å². The van der Waals surface area contributed by atoms with E-state index in [2.05, 4.69) is 9.46 Å². The van der Waals surface area contributed by atoms with Crippen LogP contribution in [0.3, 0.4) is 0 Å². The number of nitrogens with one attached hydrogen (secondary N) is 1. The van der Waals surface area contributed by atoms with Crippen LogP contribution < -0.4 is 4.72 Å². The third-order valence-electron chi connectivity index (χ3n) is 3.31. The molecule has 0 spiro atoms. The number of sulfonamides is 1. The summed E-state index contributed by atoms with van der Waals surface area (Å²) in [7, 11) is -3.32. The number of ether oxygens (including phenoxy) is 1. The summed E-state index contributed by atoms with van der Waals surface area (Å²) in [5.41, 5.74) is -0.811. The molecular weight excluding hydrogens is 359 g/mol. The second-order valence-corrected chi connectivity index (χ2v) is 6.73. The smallest absolute Gasteiger partial charge is 0.416 e. The van der Waals surface area contributed by atoms with Crippen LogP contribution in [0, 0.1) is 0 Å². The number of rotatable bonds is 5. The van der Waals surface area contributed by atoms with Crippen molar-refractivity contribution in [1.29, 1.82) is 0 Å². The Kier molecular flexibility index (Phi) is 5.48. The van der Waals surface area contributed by atoms with Crippen LogP contribution in [0.2, 0.25) is 0 Å². The van der Waals surface area contributed by atoms with E-state index in [9.17, 15) is 26.4 Å². The minimum Gasteiger partial charge on any atom is -0.468 e. The highest BCUT2D eigenvalue weighted by Crippen LogP contribution is 2.30. The summed E-state index contributed by atoms with van der Waals surface area (Å²) >= 11 is 0. The van der Waals surface area contributed by atoms with Gasteiger partial charge < -0.3 is 4.74 Å². The monoisotopic (exact) mass is 373 g/mol. The molecule has 5 nitrogen and oxygen atoms in total. The zero-order chi connectivity index (χ0) is 18.7. The van der Waals surface area contributed by atoms with Gasteiger partial charge in [-0.2, -0.15) is 17.9 Å². The van der Waals surface area contributed by atoms with Gasteiger partial charge in [0.25, 0.3) is 0 Å². The lowest BCUT2D eigenvalue weighted by atomic mass is 10.1. The molecule has 0 aromatic heterocycles. The molecule has 2 aromatic rings. The normalized spacial score (nSPS) is 13.3. The van der Waals surface area contributed by atoms with Gasteiger partial charge in [-0.3, -0.25) is 0 Å². The Morgan fingerprint density at radius 3 is 2.28 bits per heavy atom. The fourth-order valence-electron chi connectivity index (χ4n) is 2.08. The van der Waals surface area contributed by atoms with Gasteiger partial charge in [0.05, 0.1) is 17.6 Å². The first kappa shape index (κ1) is 18.9. The Labute approximate surface area is 142 Å². The molecule has 0 heterocycles. The molecule has 9 heteroatoms. The fourth-order valence-corrected chi connectivity index (χ4v) is 3.30. The molecular formula is C16H14F3NO4S. The lowest BCUT2D eigenvalue weighted by Crippen LogP contribution is -2.34. The summed E-state index contributed by atoms with van der Waals surface area (Å²) in [6, 6.07) is 9.70. The molecule has 1 N–H and O–H groups in total. The largest absolute Gasteiger partial charge is 0.468 e. The minimum atomic E-state index is -4.69. The molecule has 25 heavy (non-hydrogen) atoms. The van der Waals surface area contributed by atoms with Crippen LogP contribution in [0.25, 0.3) is 0 Å². The van der Waals surface area contributed by atoms with Gasteiger partial charge in [-0.15, -0.1) is 0 Å². The van der Waals surface area contributed by atoms with Crippen molar-refractivity contribution in [2.75, 3.05) is 7.11 Å². The van der Waals surface area contributed by atoms with Crippen LogP contribution in [-0.4, -0.2) is 21.5 Å². The molecule has 0 aliphatic rings. The quantitative estimate of drug-likeness (QED) is 0.818. The van der Waals surface area contributed by atoms with Crippen molar-refractivity contribution < 1.29 is 31.1 Å². The molecule has 0 aliphatic heterocycles. The molecule has 134 valence electrons. The number of carbonyl (C=O) groups excluding carboxylic acids is 1. The summed E-state index contributed by atoms with van der Waals surface area (Å²) < 4.78 is 69.9. The highest BCUT2D eigenvalue weighted by molar-refractivity contribution is 7.89. The number of hydrogen-bond donors (Lipinski definition) is 1. The van der Waals surface area contributed by atoms with Crippen LogP contribution in [0.5, 0.6) is 0 Å². The molecule has 0 bridgehead atoms. The topological polar surface area (TPSA) is 72.5 Å². The van der Waals surface area contributed by atoms with E-state index in [1.807, 2.05) is 0 Å². The number of carbonyl (C=O) groups is 1. The first-order valence-corrected chi connectivity index (χ1v) is 8.46. The van der Waals surface area contributed by atoms with Crippen LogP contribution >= 0.6 is 0 Å². The maximum atomic E-state index is 12.8. The Morgan fingerprint density at radius 2 is 1.72 bits per heavy atom. The van der Waals surface area contributed by atoms with Gasteiger partial charge in [0.1, 0.15) is 6.04 Å². The van der Waals surface area contributed by atoms with E-state index in [1.165, 1.54) is 12.1 Å². The van der Waals surface area contributed by atoms with Gasteiger partial charge in [-0.1, -0.05) is 36.4 Å². The van der Waals surface area contributed by atoms with Gasteiger partial charge in [0.2, 0.25) is 10.0 Å². The van der Waals surface area contributed by atoms with E-state index in [1.54, 1.807) is 18.2 Å². The SMILES string of the molecule is COC(=O)[C@@H](NS(=O)(=O)c1cccc(C(F)(F)F)c1)c1ccccc1. The first-order valence-electron chi connectivity index (χ1n) is 6.97. The fraction of sp³-hybridized carbons (Fsp3) is 0.188. The second-order valence-electron chi connectivity index (χ2n) is 5.01. The molecule has 0 aliphatic carbocycles. The summed E-state index contributed by atoms with van der Waals surface area (Å²) in [6.07, 6.45) is -4.69. The van der Waals surface area contributed by atoms with E-state index in [0.29, 0.717) is 11.6 Å². The number of alkyl halides is 3. The number of esters is 1. The Balaban J connectivity index is 2.40. The van der Waals surface area contributed by atoms with E-state index < -0.39 is 38.7 Å². The summed E-state index contributed by atoms with van der Waals surface area (Å²) in [5, 5.41) is 0. The van der Waals surface area contributed by atoms with Crippen molar-refractivity contribution in [3.05, 3.63) is 65.7 Å². The van der Waals surface area contributed by atoms with Crippen molar-refractivity contribution in [1.82, 2.24) is 4.72 Å². The van der Waals surface area contributed by atoms with Crippen LogP contribution in [-0.2, 0) is 25.7 Å². The molecule has 0 radical (unpaired) electrons. The standard InChI is InChI=1S/C16H14F3NO4S/c1-24-15(21)14(11-6-3-2-4-7-11)20-25(22,23)13-9-5-8-12(10-13)16(17,18)19/h2-10,14,20H,1H3/t14-/m0/s1. The number of halogens is 3. The average Bonchev–Trinajstić information content (AvgIpc) is 2.59. The predicted molar refractivity (Wildman–Crippen MR) is 83.0 cm³/mol. The van der Waals surface area contributed by atoms with Gasteiger partial charge in [0, 0.05) is 0 Å². The summed E-state index contributed by atoms with van der Waals surface area (Å²) in [6.45, 7) is 0. The van der Waals surface area contributed by atoms with Crippen molar-refractivity contribution >= 4 is 16.0 Å². The third-order valence-corrected chi connectivity index (χ3v) is 4.73. The predicted octanol–water partition coefficient (Wildman–Crippen LogP) is 2.90. The number of hydrogen-bond acceptors (Lipinski definition) is 4. The molecule has 0 unspecified atom stereocenters. The van der Waals surface area contributed by atoms with Crippen LogP contribution in [0.4, 0.5) is 13.2 Å². The van der Waals surface area contributed by atoms with Crippen molar-refractivity contribution in [3.63, 3.8) is 0 Å². The zero-order valence-electron chi connectivity index (χ0n) is 12.9. The lowest BCUT2D eigenvalue weighted by Gasteiger charge is -2.17. The van der Waals surface area contributed by atoms with Crippen molar-refractivity contribution in [2.45, 2.75) is 17.1 Å². The maximum Gasteiger partial charge on any atom is 0.416 e. The Hall–Kier alpha value is -2.39. The van der Waals surface area contributed by atoms with Gasteiger partial charge in [0.15, 0.2) is 0 Å². The minimum absolute atomic E-state index is 0.296. The Morgan fingerprint density at radius 1 is 1.08 bits per heavy atom. The third kappa shape index (κ3) is 4.58. The average molecular weight is 373 g/mol. The van der Waals surface area contributed by atoms with E-state index >= 15 is 0 Å². The molecule has 0 saturated heterocycles. The number of benzene rings is 2. The van der Waals surface area contributed by atoms with E-state index in [-0.39, 0.29) is 0 Å². The van der Waals surface area contributed by atoms with Crippen molar-refractivity contribution in [2.24, 2.45) is 0 Å². The van der Waals surface area contributed by atoms with Gasteiger partial charge in [-0.25, -0.2) is 13.2 Å². The molecule has 2 rings (SSSR count). The van der Waals surface area contributed by atoms with Gasteiger partial charge in [-0.05, 0) is 23.8 Å². The molecule has 0 saturated carbocycles. The summed E-state index contributed by atoms with van der Waals surface area (Å²) in [4.78, 5) is 11.3. The van der Waals surface area contributed by atoms with Gasteiger partial charge >= 0.3 is 12.1 Å². The van der Waals surface area contributed by atoms with Crippen molar-refractivity contribution in [3.8, 4) is 0 Å². The first-order chi connectivity index (χ1) is 11.6. The molecule has 0 fully saturated rings. The summed E-state index contributed by atoms with van der Waals surface area (Å²) in [5.74, 6) is -0.887. The molecule has 0 amide bonds. The number of methoxy groups -OCH3 is 1. The van der Waals surface area contributed by atoms with E-state index in [0.717, 1.165) is 25.3 Å². The highest BCUT2D eigenvalue weighted by atomic mass is 32.2. The molecule has 2 aromatic carbocycles. The zero-order valence-corrected chi connectivity index (χ0v) is 13.8. The maximum absolute atomic E-state index is 12.8. The molecule has 1 atom stereocenters. The lowest BCUT2D eigenvalue weighted by molar-refractivity contribution is -0.142. The van der Waals surface area contributed by atoms with Crippen LogP contribution in [0.1, 0.15) is 17.2 Å².